The third-order valence-corrected chi connectivity index (χ3v) is 2.84. The fourth-order valence-electron chi connectivity index (χ4n) is 0.908. The Hall–Kier alpha value is -1.67. The van der Waals surface area contributed by atoms with E-state index in [9.17, 15) is 13.2 Å². The summed E-state index contributed by atoms with van der Waals surface area (Å²) in [5, 5.41) is 9.05. The van der Waals surface area contributed by atoms with E-state index < -0.39 is 16.3 Å². The molecule has 0 spiro atoms. The van der Waals surface area contributed by atoms with Crippen LogP contribution in [-0.2, 0) is 14.9 Å². The van der Waals surface area contributed by atoms with Gasteiger partial charge in [0.1, 0.15) is 5.75 Å². The molecule has 1 amide bonds. The Balaban J connectivity index is 2.87. The Morgan fingerprint density at radius 1 is 1.47 bits per heavy atom. The Morgan fingerprint density at radius 3 is 2.65 bits per heavy atom. The number of amides is 1. The normalized spacial score (nSPS) is 10.7. The van der Waals surface area contributed by atoms with Crippen LogP contribution in [-0.4, -0.2) is 26.7 Å². The number of benzene rings is 1. The number of hydrogen-bond donors (Lipinski definition) is 3. The molecule has 3 N–H and O–H groups in total. The molecule has 0 fully saturated rings. The number of aromatic hydroxyl groups is 1. The fraction of sp³-hybridized carbons (Fsp3) is 0.125. The third-order valence-electron chi connectivity index (χ3n) is 1.60. The molecule has 0 aliphatic heterocycles. The number of halogens is 1. The van der Waals surface area contributed by atoms with Gasteiger partial charge >= 0.3 is 16.3 Å². The van der Waals surface area contributed by atoms with Gasteiger partial charge in [-0.3, -0.25) is 4.72 Å². The molecule has 0 unspecified atom stereocenters. The van der Waals surface area contributed by atoms with Crippen LogP contribution < -0.4 is 9.44 Å². The highest BCUT2D eigenvalue weighted by Gasteiger charge is 2.15. The summed E-state index contributed by atoms with van der Waals surface area (Å²) >= 11 is 5.68. The van der Waals surface area contributed by atoms with Crippen LogP contribution in [0.5, 0.6) is 5.75 Å². The van der Waals surface area contributed by atoms with Gasteiger partial charge in [-0.2, -0.15) is 8.42 Å². The molecule has 0 heterocycles. The first-order chi connectivity index (χ1) is 7.84. The Morgan fingerprint density at radius 2 is 2.12 bits per heavy atom. The molecule has 0 saturated carbocycles. The monoisotopic (exact) mass is 280 g/mol. The summed E-state index contributed by atoms with van der Waals surface area (Å²) in [6, 6.07) is 3.63. The number of phenols is 1. The first-order valence-electron chi connectivity index (χ1n) is 4.21. The van der Waals surface area contributed by atoms with Gasteiger partial charge in [-0.05, 0) is 12.1 Å². The van der Waals surface area contributed by atoms with Crippen molar-refractivity contribution in [2.24, 2.45) is 0 Å². The molecule has 17 heavy (non-hydrogen) atoms. The zero-order chi connectivity index (χ0) is 13.1. The lowest BCUT2D eigenvalue weighted by Gasteiger charge is -2.09. The Labute approximate surface area is 103 Å². The van der Waals surface area contributed by atoms with Gasteiger partial charge in [-0.25, -0.2) is 9.52 Å². The van der Waals surface area contributed by atoms with Crippen molar-refractivity contribution in [1.82, 2.24) is 4.72 Å². The fourth-order valence-corrected chi connectivity index (χ4v) is 2.01. The number of nitrogens with one attached hydrogen (secondary N) is 2. The molecule has 7 nitrogen and oxygen atoms in total. The minimum atomic E-state index is -4.12. The standard InChI is InChI=1S/C8H9ClN2O5S/c1-16-8(13)11-17(14,15)10-7-3-2-5(12)4-6(7)9/h2-4,10,12H,1H3,(H,11,13). The van der Waals surface area contributed by atoms with Crippen LogP contribution in [0.4, 0.5) is 10.5 Å². The van der Waals surface area contributed by atoms with Crippen LogP contribution in [0.1, 0.15) is 0 Å². The Kier molecular flexibility index (Phi) is 4.02. The van der Waals surface area contributed by atoms with Crippen molar-refractivity contribution < 1.29 is 23.1 Å². The van der Waals surface area contributed by atoms with Crippen molar-refractivity contribution in [3.05, 3.63) is 23.2 Å². The first-order valence-corrected chi connectivity index (χ1v) is 6.07. The predicted molar refractivity (Wildman–Crippen MR) is 61.2 cm³/mol. The molecule has 1 aromatic carbocycles. The molecule has 1 rings (SSSR count). The van der Waals surface area contributed by atoms with E-state index in [0.29, 0.717) is 0 Å². The first kappa shape index (κ1) is 13.4. The number of carbonyl (C=O) groups is 1. The van der Waals surface area contributed by atoms with Crippen molar-refractivity contribution in [1.29, 1.82) is 0 Å². The minimum Gasteiger partial charge on any atom is -0.508 e. The number of hydrogen-bond acceptors (Lipinski definition) is 5. The highest BCUT2D eigenvalue weighted by molar-refractivity contribution is 7.91. The zero-order valence-electron chi connectivity index (χ0n) is 8.60. The van der Waals surface area contributed by atoms with Crippen molar-refractivity contribution >= 4 is 33.6 Å². The SMILES string of the molecule is COC(=O)NS(=O)(=O)Nc1ccc(O)cc1Cl. The van der Waals surface area contributed by atoms with Crippen molar-refractivity contribution in [2.45, 2.75) is 0 Å². The highest BCUT2D eigenvalue weighted by atomic mass is 35.5. The molecule has 94 valence electrons. The number of ether oxygens (including phenoxy) is 1. The van der Waals surface area contributed by atoms with Gasteiger partial charge < -0.3 is 9.84 Å². The second-order valence-electron chi connectivity index (χ2n) is 2.86. The van der Waals surface area contributed by atoms with Gasteiger partial charge in [-0.15, -0.1) is 0 Å². The third kappa shape index (κ3) is 4.00. The molecule has 0 aliphatic carbocycles. The number of phenolic OH excluding ortho intramolecular Hbond substituents is 1. The van der Waals surface area contributed by atoms with E-state index in [0.717, 1.165) is 13.2 Å². The minimum absolute atomic E-state index is 0.0137. The molecule has 0 atom stereocenters. The predicted octanol–water partition coefficient (Wildman–Crippen LogP) is 1.06. The maximum atomic E-state index is 11.4. The lowest BCUT2D eigenvalue weighted by atomic mass is 10.3. The largest absolute Gasteiger partial charge is 0.508 e. The molecule has 9 heteroatoms. The zero-order valence-corrected chi connectivity index (χ0v) is 10.2. The van der Waals surface area contributed by atoms with Crippen LogP contribution >= 0.6 is 11.6 Å². The summed E-state index contributed by atoms with van der Waals surface area (Å²) in [5.41, 5.74) is 0.0147. The van der Waals surface area contributed by atoms with Crippen LogP contribution in [0, 0.1) is 0 Å². The number of methoxy groups -OCH3 is 1. The summed E-state index contributed by atoms with van der Waals surface area (Å²) < 4.78 is 30.4. The summed E-state index contributed by atoms with van der Waals surface area (Å²) in [7, 11) is -3.10. The molecule has 0 saturated heterocycles. The smallest absolute Gasteiger partial charge is 0.422 e. The van der Waals surface area contributed by atoms with E-state index >= 15 is 0 Å². The van der Waals surface area contributed by atoms with Gasteiger partial charge in [-0.1, -0.05) is 11.6 Å². The van der Waals surface area contributed by atoms with Gasteiger partial charge in [0.05, 0.1) is 17.8 Å². The summed E-state index contributed by atoms with van der Waals surface area (Å²) in [4.78, 5) is 10.7. The topological polar surface area (TPSA) is 105 Å². The molecule has 0 radical (unpaired) electrons. The van der Waals surface area contributed by atoms with E-state index in [2.05, 4.69) is 4.74 Å². The molecule has 0 aliphatic rings. The quantitative estimate of drug-likeness (QED) is 0.718. The van der Waals surface area contributed by atoms with E-state index in [4.69, 9.17) is 16.7 Å². The summed E-state index contributed by atoms with van der Waals surface area (Å²) in [6.07, 6.45) is -1.13. The van der Waals surface area contributed by atoms with E-state index in [-0.39, 0.29) is 16.5 Å². The van der Waals surface area contributed by atoms with E-state index in [1.807, 2.05) is 4.72 Å². The van der Waals surface area contributed by atoms with Gasteiger partial charge in [0.15, 0.2) is 0 Å². The second-order valence-corrected chi connectivity index (χ2v) is 4.69. The van der Waals surface area contributed by atoms with Crippen molar-refractivity contribution in [3.8, 4) is 5.75 Å². The average molecular weight is 281 g/mol. The van der Waals surface area contributed by atoms with E-state index in [1.54, 1.807) is 4.72 Å². The van der Waals surface area contributed by atoms with Crippen molar-refractivity contribution in [3.63, 3.8) is 0 Å². The maximum absolute atomic E-state index is 11.4. The summed E-state index contributed by atoms with van der Waals surface area (Å²) in [6.45, 7) is 0. The Bertz CT molecular complexity index is 531. The maximum Gasteiger partial charge on any atom is 0.422 e. The highest BCUT2D eigenvalue weighted by Crippen LogP contribution is 2.26. The molecule has 0 aromatic heterocycles. The van der Waals surface area contributed by atoms with Crippen LogP contribution in [0.15, 0.2) is 18.2 Å². The van der Waals surface area contributed by atoms with Crippen LogP contribution in [0.2, 0.25) is 5.02 Å². The van der Waals surface area contributed by atoms with Gasteiger partial charge in [0, 0.05) is 6.07 Å². The molecular formula is C8H9ClN2O5S. The van der Waals surface area contributed by atoms with Crippen LogP contribution in [0.3, 0.4) is 0 Å². The van der Waals surface area contributed by atoms with Gasteiger partial charge in [0.25, 0.3) is 0 Å². The lowest BCUT2D eigenvalue weighted by Crippen LogP contribution is -2.35. The molecular weight excluding hydrogens is 272 g/mol. The van der Waals surface area contributed by atoms with Gasteiger partial charge in [0.2, 0.25) is 0 Å². The second kappa shape index (κ2) is 5.11. The van der Waals surface area contributed by atoms with E-state index in [1.165, 1.54) is 12.1 Å². The number of carbonyl (C=O) groups excluding carboxylic acids is 1. The summed E-state index contributed by atoms with van der Waals surface area (Å²) in [5.74, 6) is -0.112. The number of anilines is 1. The van der Waals surface area contributed by atoms with Crippen LogP contribution in [0.25, 0.3) is 0 Å². The lowest BCUT2D eigenvalue weighted by molar-refractivity contribution is 0.177. The number of rotatable bonds is 3. The average Bonchev–Trinajstić information content (AvgIpc) is 2.21. The molecule has 0 bridgehead atoms. The molecule has 1 aromatic rings. The van der Waals surface area contributed by atoms with Crippen molar-refractivity contribution in [2.75, 3.05) is 11.8 Å².